The van der Waals surface area contributed by atoms with Crippen molar-refractivity contribution in [3.8, 4) is 0 Å². The first-order valence-corrected chi connectivity index (χ1v) is 13.2. The van der Waals surface area contributed by atoms with Gasteiger partial charge in [0, 0.05) is 4.88 Å². The Bertz CT molecular complexity index is 1170. The molecule has 3 N–H and O–H groups in total. The molecule has 1 aliphatic rings. The van der Waals surface area contributed by atoms with Crippen molar-refractivity contribution in [2.75, 3.05) is 25.2 Å². The lowest BCUT2D eigenvalue weighted by Crippen LogP contribution is -2.23. The largest absolute Gasteiger partial charge is 0.365 e. The van der Waals surface area contributed by atoms with Crippen molar-refractivity contribution in [2.24, 2.45) is 5.73 Å². The molecular formula is C24H30N6O2S2. The van der Waals surface area contributed by atoms with Crippen LogP contribution in [0.5, 0.6) is 0 Å². The van der Waals surface area contributed by atoms with Gasteiger partial charge in [0.05, 0.1) is 23.9 Å². The first kappa shape index (κ1) is 24.4. The highest BCUT2D eigenvalue weighted by Crippen LogP contribution is 2.39. The predicted molar refractivity (Wildman–Crippen MR) is 137 cm³/mol. The number of thioether (sulfide) groups is 1. The molecule has 0 fully saturated rings. The van der Waals surface area contributed by atoms with Crippen LogP contribution in [0.3, 0.4) is 0 Å². The van der Waals surface area contributed by atoms with Crippen molar-refractivity contribution in [1.29, 1.82) is 0 Å². The molecule has 8 nitrogen and oxygen atoms in total. The summed E-state index contributed by atoms with van der Waals surface area (Å²) in [5, 5.41) is 13.1. The summed E-state index contributed by atoms with van der Waals surface area (Å²) < 4.78 is 2.09. The first-order valence-electron chi connectivity index (χ1n) is 11.4. The van der Waals surface area contributed by atoms with Crippen LogP contribution in [0.1, 0.15) is 58.0 Å². The summed E-state index contributed by atoms with van der Waals surface area (Å²) >= 11 is 2.81. The zero-order chi connectivity index (χ0) is 24.2. The Morgan fingerprint density at radius 1 is 1.24 bits per heavy atom. The number of aryl methyl sites for hydroxylation is 1. The van der Waals surface area contributed by atoms with E-state index in [1.807, 2.05) is 32.3 Å². The predicted octanol–water partition coefficient (Wildman–Crippen LogP) is 3.72. The van der Waals surface area contributed by atoms with Gasteiger partial charge in [-0.3, -0.25) is 14.5 Å². The van der Waals surface area contributed by atoms with E-state index < -0.39 is 5.91 Å². The highest BCUT2D eigenvalue weighted by Gasteiger charge is 2.27. The second kappa shape index (κ2) is 10.7. The number of aromatic nitrogens is 3. The third kappa shape index (κ3) is 5.18. The van der Waals surface area contributed by atoms with E-state index in [-0.39, 0.29) is 17.7 Å². The van der Waals surface area contributed by atoms with Crippen LogP contribution in [0.2, 0.25) is 0 Å². The molecule has 0 radical (unpaired) electrons. The standard InChI is InChI=1S/C24H30N6O2S2/c1-4-17(29(2)3)22-27-28-24(30(22)13-15-9-6-5-7-10-15)33-14-19(31)26-23-20(21(25)32)16-11-8-12-18(16)34-23/h5-7,9-10,17H,4,8,11-14H2,1-3H3,(H2,25,32)(H,26,31)/t17-/m0/s1. The molecule has 0 aliphatic heterocycles. The molecule has 0 spiro atoms. The minimum absolute atomic E-state index is 0.117. The topological polar surface area (TPSA) is 106 Å². The molecule has 180 valence electrons. The van der Waals surface area contributed by atoms with E-state index >= 15 is 0 Å². The van der Waals surface area contributed by atoms with E-state index in [2.05, 4.69) is 44.0 Å². The number of benzene rings is 1. The third-order valence-corrected chi connectivity index (χ3v) is 8.16. The molecule has 1 aliphatic carbocycles. The van der Waals surface area contributed by atoms with Gasteiger partial charge in [-0.05, 0) is 50.9 Å². The molecule has 1 aromatic carbocycles. The summed E-state index contributed by atoms with van der Waals surface area (Å²) in [7, 11) is 4.06. The number of nitrogens with one attached hydrogen (secondary N) is 1. The molecule has 0 saturated heterocycles. The van der Waals surface area contributed by atoms with Gasteiger partial charge in [0.1, 0.15) is 5.00 Å². The fourth-order valence-electron chi connectivity index (χ4n) is 4.39. The van der Waals surface area contributed by atoms with E-state index in [0.717, 1.165) is 47.5 Å². The Labute approximate surface area is 207 Å². The summed E-state index contributed by atoms with van der Waals surface area (Å²) in [6.45, 7) is 2.75. The van der Waals surface area contributed by atoms with Gasteiger partial charge in [0.2, 0.25) is 5.91 Å². The van der Waals surface area contributed by atoms with E-state index in [0.29, 0.717) is 22.3 Å². The minimum Gasteiger partial charge on any atom is -0.365 e. The fraction of sp³-hybridized carbons (Fsp3) is 0.417. The Hall–Kier alpha value is -2.69. The van der Waals surface area contributed by atoms with Gasteiger partial charge in [-0.15, -0.1) is 21.5 Å². The second-order valence-corrected chi connectivity index (χ2v) is 10.6. The van der Waals surface area contributed by atoms with Gasteiger partial charge in [-0.2, -0.15) is 0 Å². The number of anilines is 1. The zero-order valence-electron chi connectivity index (χ0n) is 19.7. The molecular weight excluding hydrogens is 468 g/mol. The Morgan fingerprint density at radius 3 is 2.68 bits per heavy atom. The number of nitrogens with zero attached hydrogens (tertiary/aromatic N) is 4. The molecule has 2 aromatic heterocycles. The molecule has 3 aromatic rings. The lowest BCUT2D eigenvalue weighted by atomic mass is 10.1. The summed E-state index contributed by atoms with van der Waals surface area (Å²) in [5.41, 5.74) is 8.24. The number of fused-ring (bicyclic) bond motifs is 1. The average Bonchev–Trinajstić information content (AvgIpc) is 3.48. The Kier molecular flexibility index (Phi) is 7.70. The normalized spacial score (nSPS) is 13.8. The third-order valence-electron chi connectivity index (χ3n) is 5.99. The number of nitrogens with two attached hydrogens (primary N) is 1. The molecule has 2 amide bonds. The van der Waals surface area contributed by atoms with E-state index in [4.69, 9.17) is 5.73 Å². The van der Waals surface area contributed by atoms with Crippen molar-refractivity contribution in [1.82, 2.24) is 19.7 Å². The number of thiophene rings is 1. The van der Waals surface area contributed by atoms with Gasteiger partial charge in [-0.25, -0.2) is 0 Å². The van der Waals surface area contributed by atoms with Gasteiger partial charge >= 0.3 is 0 Å². The quantitative estimate of drug-likeness (QED) is 0.413. The minimum atomic E-state index is -0.483. The summed E-state index contributed by atoms with van der Waals surface area (Å²) in [6.07, 6.45) is 3.69. The molecule has 0 saturated carbocycles. The molecule has 34 heavy (non-hydrogen) atoms. The SMILES string of the molecule is CC[C@@H](c1nnc(SCC(=O)Nc2sc3c(c2C(N)=O)CCC3)n1Cc1ccccc1)N(C)C. The molecule has 0 unspecified atom stereocenters. The number of rotatable bonds is 10. The van der Waals surface area contributed by atoms with E-state index in [9.17, 15) is 9.59 Å². The molecule has 4 rings (SSSR count). The van der Waals surface area contributed by atoms with Crippen LogP contribution in [-0.4, -0.2) is 51.3 Å². The van der Waals surface area contributed by atoms with Crippen LogP contribution in [-0.2, 0) is 24.2 Å². The summed E-state index contributed by atoms with van der Waals surface area (Å²) in [4.78, 5) is 28.1. The van der Waals surface area contributed by atoms with Crippen LogP contribution in [0, 0.1) is 0 Å². The van der Waals surface area contributed by atoms with E-state index in [1.165, 1.54) is 23.1 Å². The maximum absolute atomic E-state index is 12.8. The monoisotopic (exact) mass is 498 g/mol. The lowest BCUT2D eigenvalue weighted by Gasteiger charge is -2.23. The summed E-state index contributed by atoms with van der Waals surface area (Å²) in [5.74, 6) is 0.364. The zero-order valence-corrected chi connectivity index (χ0v) is 21.3. The maximum Gasteiger partial charge on any atom is 0.251 e. The van der Waals surface area contributed by atoms with Gasteiger partial charge < -0.3 is 15.6 Å². The smallest absolute Gasteiger partial charge is 0.251 e. The Balaban J connectivity index is 1.52. The number of hydrogen-bond donors (Lipinski definition) is 2. The lowest BCUT2D eigenvalue weighted by molar-refractivity contribution is -0.113. The number of carbonyl (C=O) groups is 2. The van der Waals surface area contributed by atoms with Crippen molar-refractivity contribution >= 4 is 39.9 Å². The number of hydrogen-bond acceptors (Lipinski definition) is 7. The highest BCUT2D eigenvalue weighted by molar-refractivity contribution is 7.99. The molecule has 2 heterocycles. The van der Waals surface area contributed by atoms with Crippen molar-refractivity contribution in [3.05, 3.63) is 57.7 Å². The maximum atomic E-state index is 12.8. The van der Waals surface area contributed by atoms with Crippen molar-refractivity contribution < 1.29 is 9.59 Å². The fourth-order valence-corrected chi connectivity index (χ4v) is 6.45. The molecule has 0 bridgehead atoms. The van der Waals surface area contributed by atoms with Crippen LogP contribution in [0.4, 0.5) is 5.00 Å². The second-order valence-electron chi connectivity index (χ2n) is 8.56. The number of primary amides is 1. The average molecular weight is 499 g/mol. The molecule has 10 heteroatoms. The van der Waals surface area contributed by atoms with Crippen LogP contribution >= 0.6 is 23.1 Å². The number of amides is 2. The van der Waals surface area contributed by atoms with Crippen molar-refractivity contribution in [2.45, 2.75) is 50.4 Å². The first-order chi connectivity index (χ1) is 16.4. The van der Waals surface area contributed by atoms with Gasteiger partial charge in [0.25, 0.3) is 5.91 Å². The van der Waals surface area contributed by atoms with Crippen LogP contribution in [0.15, 0.2) is 35.5 Å². The Morgan fingerprint density at radius 2 is 2.00 bits per heavy atom. The molecule has 1 atom stereocenters. The number of carbonyl (C=O) groups excluding carboxylic acids is 2. The van der Waals surface area contributed by atoms with Crippen LogP contribution < -0.4 is 11.1 Å². The van der Waals surface area contributed by atoms with E-state index in [1.54, 1.807) is 0 Å². The van der Waals surface area contributed by atoms with Crippen molar-refractivity contribution in [3.63, 3.8) is 0 Å². The van der Waals surface area contributed by atoms with Gasteiger partial charge in [-0.1, -0.05) is 49.0 Å². The highest BCUT2D eigenvalue weighted by atomic mass is 32.2. The van der Waals surface area contributed by atoms with Crippen LogP contribution in [0.25, 0.3) is 0 Å². The summed E-state index contributed by atoms with van der Waals surface area (Å²) in [6, 6.07) is 10.3. The van der Waals surface area contributed by atoms with Gasteiger partial charge in [0.15, 0.2) is 11.0 Å².